The van der Waals surface area contributed by atoms with Gasteiger partial charge in [-0.3, -0.25) is 20.4 Å². The Morgan fingerprint density at radius 1 is 0.929 bits per heavy atom. The first-order valence-electron chi connectivity index (χ1n) is 9.32. The van der Waals surface area contributed by atoms with Crippen LogP contribution >= 0.6 is 0 Å². The van der Waals surface area contributed by atoms with Crippen LogP contribution in [0.1, 0.15) is 43.4 Å². The predicted octanol–water partition coefficient (Wildman–Crippen LogP) is 3.42. The van der Waals surface area contributed by atoms with E-state index in [2.05, 4.69) is 24.7 Å². The summed E-state index contributed by atoms with van der Waals surface area (Å²) in [6.45, 7) is 9.47. The minimum atomic E-state index is -0.760. The predicted molar refractivity (Wildman–Crippen MR) is 108 cm³/mol. The van der Waals surface area contributed by atoms with Gasteiger partial charge < -0.3 is 9.47 Å². The molecule has 0 radical (unpaired) electrons. The molecule has 0 aromatic heterocycles. The number of amides is 2. The summed E-state index contributed by atoms with van der Waals surface area (Å²) >= 11 is 0. The van der Waals surface area contributed by atoms with Crippen LogP contribution in [0.5, 0.6) is 11.5 Å². The molecule has 2 aromatic rings. The summed E-state index contributed by atoms with van der Waals surface area (Å²) in [5, 5.41) is 0. The lowest BCUT2D eigenvalue weighted by Gasteiger charge is -2.18. The zero-order chi connectivity index (χ0) is 20.7. The SMILES string of the molecule is Cc1cccc(C)c1O[C@H](C)C(=O)NNC(=O)COc1ccc(C(C)C)cc1. The summed E-state index contributed by atoms with van der Waals surface area (Å²) in [4.78, 5) is 24.1. The standard InChI is InChI=1S/C22H28N2O4/c1-14(2)18-9-11-19(12-10-18)27-13-20(25)23-24-22(26)17(5)28-21-15(3)7-6-8-16(21)4/h6-12,14,17H,13H2,1-5H3,(H,23,25)(H,24,26)/t17-/m1/s1. The first-order chi connectivity index (χ1) is 13.3. The lowest BCUT2D eigenvalue weighted by Crippen LogP contribution is -2.48. The number of hydrogen-bond donors (Lipinski definition) is 2. The van der Waals surface area contributed by atoms with E-state index in [1.807, 2.05) is 56.3 Å². The molecule has 6 heteroatoms. The first kappa shape index (κ1) is 21.3. The third kappa shape index (κ3) is 6.01. The number of rotatable bonds is 7. The molecule has 0 aliphatic carbocycles. The summed E-state index contributed by atoms with van der Waals surface area (Å²) < 4.78 is 11.2. The highest BCUT2D eigenvalue weighted by molar-refractivity contribution is 5.85. The van der Waals surface area contributed by atoms with Crippen molar-refractivity contribution in [3.05, 3.63) is 59.2 Å². The number of carbonyl (C=O) groups excluding carboxylic acids is 2. The number of aryl methyl sites for hydroxylation is 2. The molecule has 2 aromatic carbocycles. The number of hydrazine groups is 1. The maximum Gasteiger partial charge on any atom is 0.279 e. The van der Waals surface area contributed by atoms with Gasteiger partial charge in [-0.1, -0.05) is 44.2 Å². The van der Waals surface area contributed by atoms with E-state index < -0.39 is 17.9 Å². The normalized spacial score (nSPS) is 11.6. The quantitative estimate of drug-likeness (QED) is 0.717. The van der Waals surface area contributed by atoms with Crippen LogP contribution in [0.15, 0.2) is 42.5 Å². The van der Waals surface area contributed by atoms with Crippen LogP contribution < -0.4 is 20.3 Å². The van der Waals surface area contributed by atoms with E-state index in [0.717, 1.165) is 11.1 Å². The fourth-order valence-electron chi connectivity index (χ4n) is 2.58. The third-order valence-corrected chi connectivity index (χ3v) is 4.31. The number of ether oxygens (including phenoxy) is 2. The molecule has 6 nitrogen and oxygen atoms in total. The van der Waals surface area contributed by atoms with Crippen molar-refractivity contribution >= 4 is 11.8 Å². The van der Waals surface area contributed by atoms with Crippen molar-refractivity contribution in [2.24, 2.45) is 0 Å². The molecule has 28 heavy (non-hydrogen) atoms. The summed E-state index contributed by atoms with van der Waals surface area (Å²) in [5.41, 5.74) is 7.78. The highest BCUT2D eigenvalue weighted by atomic mass is 16.5. The Morgan fingerprint density at radius 2 is 1.54 bits per heavy atom. The lowest BCUT2D eigenvalue weighted by molar-refractivity contribution is -0.133. The first-order valence-corrected chi connectivity index (χ1v) is 9.32. The Bertz CT molecular complexity index is 796. The van der Waals surface area contributed by atoms with Crippen molar-refractivity contribution in [2.45, 2.75) is 46.6 Å². The van der Waals surface area contributed by atoms with Crippen LogP contribution in [0.4, 0.5) is 0 Å². The zero-order valence-electron chi connectivity index (χ0n) is 17.0. The van der Waals surface area contributed by atoms with E-state index >= 15 is 0 Å². The van der Waals surface area contributed by atoms with E-state index in [1.54, 1.807) is 6.92 Å². The average molecular weight is 384 g/mol. The van der Waals surface area contributed by atoms with Gasteiger partial charge in [0.2, 0.25) is 0 Å². The van der Waals surface area contributed by atoms with Crippen LogP contribution in [0.25, 0.3) is 0 Å². The van der Waals surface area contributed by atoms with Crippen molar-refractivity contribution < 1.29 is 19.1 Å². The van der Waals surface area contributed by atoms with Crippen LogP contribution in [0.3, 0.4) is 0 Å². The van der Waals surface area contributed by atoms with Crippen molar-refractivity contribution in [2.75, 3.05) is 6.61 Å². The van der Waals surface area contributed by atoms with Crippen LogP contribution in [-0.4, -0.2) is 24.5 Å². The van der Waals surface area contributed by atoms with Gasteiger partial charge in [0.1, 0.15) is 11.5 Å². The van der Waals surface area contributed by atoms with Gasteiger partial charge in [-0.2, -0.15) is 0 Å². The van der Waals surface area contributed by atoms with Gasteiger partial charge in [-0.05, 0) is 55.5 Å². The molecule has 0 fully saturated rings. The monoisotopic (exact) mass is 384 g/mol. The molecule has 0 unspecified atom stereocenters. The molecular weight excluding hydrogens is 356 g/mol. The lowest BCUT2D eigenvalue weighted by atomic mass is 10.0. The minimum Gasteiger partial charge on any atom is -0.484 e. The Morgan fingerprint density at radius 3 is 2.11 bits per heavy atom. The zero-order valence-corrected chi connectivity index (χ0v) is 17.0. The minimum absolute atomic E-state index is 0.201. The Kier molecular flexibility index (Phi) is 7.44. The molecular formula is C22H28N2O4. The van der Waals surface area contributed by atoms with E-state index in [1.165, 1.54) is 5.56 Å². The van der Waals surface area contributed by atoms with E-state index in [4.69, 9.17) is 9.47 Å². The second kappa shape index (κ2) is 9.78. The molecule has 150 valence electrons. The maximum absolute atomic E-state index is 12.2. The van der Waals surface area contributed by atoms with Gasteiger partial charge in [-0.15, -0.1) is 0 Å². The van der Waals surface area contributed by atoms with Crippen molar-refractivity contribution in [1.29, 1.82) is 0 Å². The number of nitrogens with one attached hydrogen (secondary N) is 2. The molecule has 0 spiro atoms. The Labute approximate surface area is 166 Å². The molecule has 0 heterocycles. The van der Waals surface area contributed by atoms with Crippen LogP contribution in [0.2, 0.25) is 0 Å². The van der Waals surface area contributed by atoms with E-state index in [9.17, 15) is 9.59 Å². The van der Waals surface area contributed by atoms with Crippen molar-refractivity contribution in [3.63, 3.8) is 0 Å². The fraction of sp³-hybridized carbons (Fsp3) is 0.364. The van der Waals surface area contributed by atoms with Gasteiger partial charge in [0, 0.05) is 0 Å². The topological polar surface area (TPSA) is 76.7 Å². The van der Waals surface area contributed by atoms with Gasteiger partial charge >= 0.3 is 0 Å². The highest BCUT2D eigenvalue weighted by Gasteiger charge is 2.17. The molecule has 0 aliphatic rings. The maximum atomic E-state index is 12.2. The van der Waals surface area contributed by atoms with Gasteiger partial charge in [0.15, 0.2) is 12.7 Å². The third-order valence-electron chi connectivity index (χ3n) is 4.31. The molecule has 0 saturated heterocycles. The highest BCUT2D eigenvalue weighted by Crippen LogP contribution is 2.23. The second-order valence-corrected chi connectivity index (χ2v) is 7.03. The summed E-state index contributed by atoms with van der Waals surface area (Å²) in [5.74, 6) is 0.792. The number of benzene rings is 2. The van der Waals surface area contributed by atoms with E-state index in [-0.39, 0.29) is 6.61 Å². The van der Waals surface area contributed by atoms with Gasteiger partial charge in [-0.25, -0.2) is 0 Å². The van der Waals surface area contributed by atoms with Crippen molar-refractivity contribution in [3.8, 4) is 11.5 Å². The number of para-hydroxylation sites is 1. The molecule has 2 amide bonds. The largest absolute Gasteiger partial charge is 0.484 e. The number of carbonyl (C=O) groups is 2. The Hall–Kier alpha value is -3.02. The van der Waals surface area contributed by atoms with Gasteiger partial charge in [0.25, 0.3) is 11.8 Å². The Balaban J connectivity index is 1.77. The van der Waals surface area contributed by atoms with Gasteiger partial charge in [0.05, 0.1) is 0 Å². The summed E-state index contributed by atoms with van der Waals surface area (Å²) in [7, 11) is 0. The average Bonchev–Trinajstić information content (AvgIpc) is 2.67. The van der Waals surface area contributed by atoms with E-state index in [0.29, 0.717) is 17.4 Å². The fourth-order valence-corrected chi connectivity index (χ4v) is 2.58. The molecule has 2 rings (SSSR count). The van der Waals surface area contributed by atoms with Crippen LogP contribution in [-0.2, 0) is 9.59 Å². The molecule has 0 bridgehead atoms. The second-order valence-electron chi connectivity index (χ2n) is 7.03. The molecule has 1 atom stereocenters. The molecule has 2 N–H and O–H groups in total. The van der Waals surface area contributed by atoms with Crippen LogP contribution in [0, 0.1) is 13.8 Å². The number of hydrogen-bond acceptors (Lipinski definition) is 4. The smallest absolute Gasteiger partial charge is 0.279 e. The summed E-state index contributed by atoms with van der Waals surface area (Å²) in [6.07, 6.45) is -0.760. The molecule has 0 saturated carbocycles. The van der Waals surface area contributed by atoms with Crippen molar-refractivity contribution in [1.82, 2.24) is 10.9 Å². The summed E-state index contributed by atoms with van der Waals surface area (Å²) in [6, 6.07) is 13.3. The molecule has 0 aliphatic heterocycles.